The van der Waals surface area contributed by atoms with Crippen LogP contribution in [0.4, 0.5) is 0 Å². The number of aryl methyl sites for hydroxylation is 1. The van der Waals surface area contributed by atoms with E-state index in [-0.39, 0.29) is 0 Å². The minimum atomic E-state index is 0.585. The predicted molar refractivity (Wildman–Crippen MR) is 74.5 cm³/mol. The average Bonchev–Trinajstić information content (AvgIpc) is 3.06. The fraction of sp³-hybridized carbons (Fsp3) is 0.308. The van der Waals surface area contributed by atoms with Crippen molar-refractivity contribution >= 4 is 16.3 Å². The Kier molecular flexibility index (Phi) is 2.59. The Morgan fingerprint density at radius 3 is 2.90 bits per heavy atom. The second-order valence-electron chi connectivity index (χ2n) is 4.43. The van der Waals surface area contributed by atoms with Gasteiger partial charge in [-0.05, 0) is 18.2 Å². The maximum Gasteiger partial charge on any atom is 0.234 e. The van der Waals surface area contributed by atoms with Crippen LogP contribution in [0.5, 0.6) is 11.5 Å². The molecule has 7 heteroatoms. The number of rotatable bonds is 2. The molecule has 0 unspecified atom stereocenters. The molecule has 0 atom stereocenters. The number of ether oxygens (including phenoxy) is 2. The summed E-state index contributed by atoms with van der Waals surface area (Å²) in [5.41, 5.74) is 1.01. The van der Waals surface area contributed by atoms with E-state index in [0.717, 1.165) is 39.3 Å². The van der Waals surface area contributed by atoms with E-state index in [1.807, 2.05) is 25.1 Å². The highest BCUT2D eigenvalue weighted by atomic mass is 32.1. The monoisotopic (exact) mass is 288 g/mol. The van der Waals surface area contributed by atoms with Crippen LogP contribution in [-0.2, 0) is 6.42 Å². The molecule has 0 N–H and O–H groups in total. The van der Waals surface area contributed by atoms with Crippen molar-refractivity contribution in [2.75, 3.05) is 13.2 Å². The largest absolute Gasteiger partial charge is 0.486 e. The summed E-state index contributed by atoms with van der Waals surface area (Å²) in [5.74, 6) is 2.44. The molecular weight excluding hydrogens is 276 g/mol. The van der Waals surface area contributed by atoms with Crippen molar-refractivity contribution in [2.45, 2.75) is 13.3 Å². The van der Waals surface area contributed by atoms with Gasteiger partial charge in [-0.25, -0.2) is 0 Å². The summed E-state index contributed by atoms with van der Waals surface area (Å²) in [6, 6.07) is 5.88. The summed E-state index contributed by atoms with van der Waals surface area (Å²) >= 11 is 1.52. The lowest BCUT2D eigenvalue weighted by atomic mass is 10.2. The summed E-state index contributed by atoms with van der Waals surface area (Å²) in [6.07, 6.45) is 0.811. The molecule has 3 heterocycles. The van der Waals surface area contributed by atoms with Crippen molar-refractivity contribution < 1.29 is 9.47 Å². The maximum absolute atomic E-state index is 5.60. The van der Waals surface area contributed by atoms with Crippen molar-refractivity contribution in [3.63, 3.8) is 0 Å². The van der Waals surface area contributed by atoms with Gasteiger partial charge < -0.3 is 9.47 Å². The second kappa shape index (κ2) is 4.45. The fourth-order valence-corrected chi connectivity index (χ4v) is 3.03. The van der Waals surface area contributed by atoms with Crippen LogP contribution in [0.3, 0.4) is 0 Å². The lowest BCUT2D eigenvalue weighted by Crippen LogP contribution is -2.15. The fourth-order valence-electron chi connectivity index (χ4n) is 2.17. The van der Waals surface area contributed by atoms with Crippen LogP contribution >= 0.6 is 11.3 Å². The molecule has 0 fully saturated rings. The SMILES string of the molecule is CCc1nnc2sc(-c3ccc4c(c3)OCCO4)nn12. The van der Waals surface area contributed by atoms with E-state index in [1.165, 1.54) is 11.3 Å². The highest BCUT2D eigenvalue weighted by Gasteiger charge is 2.16. The molecule has 0 bridgehead atoms. The quantitative estimate of drug-likeness (QED) is 0.723. The second-order valence-corrected chi connectivity index (χ2v) is 5.39. The smallest absolute Gasteiger partial charge is 0.234 e. The number of aromatic nitrogens is 4. The third kappa shape index (κ3) is 1.74. The Morgan fingerprint density at radius 1 is 1.20 bits per heavy atom. The molecule has 4 rings (SSSR count). The van der Waals surface area contributed by atoms with Gasteiger partial charge in [0.15, 0.2) is 17.3 Å². The molecule has 20 heavy (non-hydrogen) atoms. The number of hydrogen-bond donors (Lipinski definition) is 0. The van der Waals surface area contributed by atoms with E-state index in [4.69, 9.17) is 9.47 Å². The molecule has 0 aliphatic carbocycles. The Balaban J connectivity index is 1.80. The van der Waals surface area contributed by atoms with Crippen molar-refractivity contribution in [1.29, 1.82) is 0 Å². The zero-order chi connectivity index (χ0) is 13.5. The minimum Gasteiger partial charge on any atom is -0.486 e. The standard InChI is InChI=1S/C13H12N4O2S/c1-2-11-14-15-13-17(11)16-12(20-13)8-3-4-9-10(7-8)19-6-5-18-9/h3-4,7H,2,5-6H2,1H3. The van der Waals surface area contributed by atoms with Gasteiger partial charge in [0.25, 0.3) is 0 Å². The van der Waals surface area contributed by atoms with Gasteiger partial charge in [0, 0.05) is 12.0 Å². The van der Waals surface area contributed by atoms with Gasteiger partial charge in [-0.1, -0.05) is 18.3 Å². The van der Waals surface area contributed by atoms with E-state index in [0.29, 0.717) is 13.2 Å². The van der Waals surface area contributed by atoms with Crippen molar-refractivity contribution in [3.05, 3.63) is 24.0 Å². The normalized spacial score (nSPS) is 13.8. The van der Waals surface area contributed by atoms with Crippen LogP contribution in [0.15, 0.2) is 18.2 Å². The first-order valence-corrected chi connectivity index (χ1v) is 7.28. The highest BCUT2D eigenvalue weighted by Crippen LogP contribution is 2.35. The average molecular weight is 288 g/mol. The van der Waals surface area contributed by atoms with E-state index >= 15 is 0 Å². The zero-order valence-electron chi connectivity index (χ0n) is 10.9. The van der Waals surface area contributed by atoms with E-state index in [2.05, 4.69) is 15.3 Å². The summed E-state index contributed by atoms with van der Waals surface area (Å²) in [5, 5.41) is 13.7. The molecule has 0 radical (unpaired) electrons. The molecule has 6 nitrogen and oxygen atoms in total. The van der Waals surface area contributed by atoms with Gasteiger partial charge in [0.1, 0.15) is 18.2 Å². The van der Waals surface area contributed by atoms with Crippen molar-refractivity contribution in [1.82, 2.24) is 19.8 Å². The summed E-state index contributed by atoms with van der Waals surface area (Å²) in [7, 11) is 0. The first-order chi connectivity index (χ1) is 9.85. The topological polar surface area (TPSA) is 61.5 Å². The summed E-state index contributed by atoms with van der Waals surface area (Å²) in [4.78, 5) is 0.812. The Bertz CT molecular complexity index is 780. The van der Waals surface area contributed by atoms with Crippen LogP contribution in [0, 0.1) is 0 Å². The van der Waals surface area contributed by atoms with Gasteiger partial charge >= 0.3 is 0 Å². The number of benzene rings is 1. The molecule has 3 aromatic rings. The van der Waals surface area contributed by atoms with Crippen molar-refractivity contribution in [2.24, 2.45) is 0 Å². The van der Waals surface area contributed by atoms with E-state index in [1.54, 1.807) is 4.52 Å². The first kappa shape index (κ1) is 11.7. The number of fused-ring (bicyclic) bond motifs is 2. The summed E-state index contributed by atoms with van der Waals surface area (Å²) in [6.45, 7) is 3.23. The molecule has 0 saturated carbocycles. The van der Waals surface area contributed by atoms with Gasteiger partial charge in [0.05, 0.1) is 0 Å². The van der Waals surface area contributed by atoms with Gasteiger partial charge in [-0.2, -0.15) is 9.61 Å². The highest BCUT2D eigenvalue weighted by molar-refractivity contribution is 7.19. The number of nitrogens with zero attached hydrogens (tertiary/aromatic N) is 4. The van der Waals surface area contributed by atoms with Crippen LogP contribution in [-0.4, -0.2) is 33.0 Å². The lowest BCUT2D eigenvalue weighted by molar-refractivity contribution is 0.171. The third-order valence-corrected chi connectivity index (χ3v) is 4.11. The molecular formula is C13H12N4O2S. The van der Waals surface area contributed by atoms with Crippen molar-refractivity contribution in [3.8, 4) is 22.1 Å². The third-order valence-electron chi connectivity index (χ3n) is 3.16. The van der Waals surface area contributed by atoms with Gasteiger partial charge in [-0.3, -0.25) is 0 Å². The van der Waals surface area contributed by atoms with Gasteiger partial charge in [0.2, 0.25) is 4.96 Å². The maximum atomic E-state index is 5.60. The minimum absolute atomic E-state index is 0.585. The Hall–Kier alpha value is -2.15. The first-order valence-electron chi connectivity index (χ1n) is 6.46. The molecule has 2 aromatic heterocycles. The van der Waals surface area contributed by atoms with Crippen LogP contribution < -0.4 is 9.47 Å². The summed E-state index contributed by atoms with van der Waals surface area (Å²) < 4.78 is 12.9. The lowest BCUT2D eigenvalue weighted by Gasteiger charge is -2.18. The van der Waals surface area contributed by atoms with E-state index in [9.17, 15) is 0 Å². The molecule has 0 saturated heterocycles. The van der Waals surface area contributed by atoms with E-state index < -0.39 is 0 Å². The van der Waals surface area contributed by atoms with Crippen LogP contribution in [0.1, 0.15) is 12.7 Å². The Labute approximate surface area is 119 Å². The van der Waals surface area contributed by atoms with Crippen LogP contribution in [0.25, 0.3) is 15.5 Å². The zero-order valence-corrected chi connectivity index (χ0v) is 11.7. The molecule has 102 valence electrons. The predicted octanol–water partition coefficient (Wildman–Crippen LogP) is 2.19. The van der Waals surface area contributed by atoms with Crippen LogP contribution in [0.2, 0.25) is 0 Å². The molecule has 1 aliphatic rings. The molecule has 1 aliphatic heterocycles. The number of hydrogen-bond acceptors (Lipinski definition) is 6. The van der Waals surface area contributed by atoms with Gasteiger partial charge in [-0.15, -0.1) is 10.2 Å². The molecule has 0 amide bonds. The molecule has 1 aromatic carbocycles. The molecule has 0 spiro atoms. The Morgan fingerprint density at radius 2 is 2.05 bits per heavy atom.